The summed E-state index contributed by atoms with van der Waals surface area (Å²) in [5, 5.41) is 0.600. The van der Waals surface area contributed by atoms with Crippen molar-refractivity contribution in [2.45, 2.75) is 13.3 Å². The normalized spacial score (nSPS) is 10.3. The van der Waals surface area contributed by atoms with Crippen molar-refractivity contribution in [3.63, 3.8) is 0 Å². The van der Waals surface area contributed by atoms with Crippen LogP contribution in [0.15, 0.2) is 42.5 Å². The van der Waals surface area contributed by atoms with E-state index in [0.717, 1.165) is 12.2 Å². The molecule has 0 unspecified atom stereocenters. The lowest BCUT2D eigenvalue weighted by atomic mass is 10.1. The quantitative estimate of drug-likeness (QED) is 0.647. The number of rotatable bonds is 6. The highest BCUT2D eigenvalue weighted by molar-refractivity contribution is 6.30. The molecule has 0 radical (unpaired) electrons. The summed E-state index contributed by atoms with van der Waals surface area (Å²) < 4.78 is 11.3. The Balaban J connectivity index is 1.84. The lowest BCUT2D eigenvalue weighted by molar-refractivity contribution is 0.216. The molecule has 0 aliphatic heterocycles. The van der Waals surface area contributed by atoms with Crippen molar-refractivity contribution in [2.24, 2.45) is 0 Å². The zero-order valence-corrected chi connectivity index (χ0v) is 12.2. The minimum Gasteiger partial charge on any atom is -0.490 e. The molecule has 0 fully saturated rings. The molecule has 20 heavy (non-hydrogen) atoms. The van der Waals surface area contributed by atoms with Crippen molar-refractivity contribution in [2.75, 3.05) is 18.9 Å². The van der Waals surface area contributed by atoms with Crippen molar-refractivity contribution in [3.05, 3.63) is 53.1 Å². The summed E-state index contributed by atoms with van der Waals surface area (Å²) in [6.07, 6.45) is 0.946. The summed E-state index contributed by atoms with van der Waals surface area (Å²) in [5.41, 5.74) is 7.54. The van der Waals surface area contributed by atoms with Gasteiger partial charge in [0.05, 0.1) is 5.69 Å². The molecule has 4 heteroatoms. The van der Waals surface area contributed by atoms with Gasteiger partial charge in [0, 0.05) is 5.02 Å². The third kappa shape index (κ3) is 3.81. The van der Waals surface area contributed by atoms with E-state index in [1.807, 2.05) is 18.2 Å². The third-order valence-corrected chi connectivity index (χ3v) is 3.16. The molecule has 0 saturated heterocycles. The molecule has 0 bridgehead atoms. The topological polar surface area (TPSA) is 44.5 Å². The van der Waals surface area contributed by atoms with Gasteiger partial charge in [0.15, 0.2) is 0 Å². The molecule has 0 amide bonds. The summed E-state index contributed by atoms with van der Waals surface area (Å²) >= 11 is 5.83. The Labute approximate surface area is 124 Å². The van der Waals surface area contributed by atoms with Crippen LogP contribution in [0, 0.1) is 0 Å². The lowest BCUT2D eigenvalue weighted by Crippen LogP contribution is -2.10. The van der Waals surface area contributed by atoms with Crippen LogP contribution in [0.5, 0.6) is 11.5 Å². The molecule has 2 aromatic carbocycles. The zero-order valence-electron chi connectivity index (χ0n) is 11.4. The van der Waals surface area contributed by atoms with Crippen LogP contribution in [0.2, 0.25) is 5.02 Å². The Morgan fingerprint density at radius 3 is 2.40 bits per heavy atom. The smallest absolute Gasteiger partial charge is 0.142 e. The SMILES string of the molecule is CCc1ccccc1OCCOc1ccc(Cl)cc1N. The Kier molecular flexibility index (Phi) is 5.13. The monoisotopic (exact) mass is 291 g/mol. The Morgan fingerprint density at radius 2 is 1.70 bits per heavy atom. The van der Waals surface area contributed by atoms with Crippen LogP contribution in [0.3, 0.4) is 0 Å². The fourth-order valence-corrected chi connectivity index (χ4v) is 2.07. The first-order valence-electron chi connectivity index (χ1n) is 6.59. The van der Waals surface area contributed by atoms with E-state index in [1.165, 1.54) is 5.56 Å². The standard InChI is InChI=1S/C16H18ClNO2/c1-2-12-5-3-4-6-15(12)19-9-10-20-16-8-7-13(17)11-14(16)18/h3-8,11H,2,9-10,18H2,1H3. The lowest BCUT2D eigenvalue weighted by Gasteiger charge is -2.12. The number of benzene rings is 2. The number of nitrogen functional groups attached to an aromatic ring is 1. The van der Waals surface area contributed by atoms with Crippen LogP contribution in [-0.4, -0.2) is 13.2 Å². The van der Waals surface area contributed by atoms with E-state index in [1.54, 1.807) is 18.2 Å². The second-order valence-electron chi connectivity index (χ2n) is 4.34. The van der Waals surface area contributed by atoms with Crippen LogP contribution >= 0.6 is 11.6 Å². The van der Waals surface area contributed by atoms with Crippen LogP contribution < -0.4 is 15.2 Å². The second kappa shape index (κ2) is 7.06. The number of anilines is 1. The summed E-state index contributed by atoms with van der Waals surface area (Å²) in [5.74, 6) is 1.53. The van der Waals surface area contributed by atoms with Crippen LogP contribution in [0.1, 0.15) is 12.5 Å². The number of ether oxygens (including phenoxy) is 2. The minimum atomic E-state index is 0.434. The highest BCUT2D eigenvalue weighted by Gasteiger charge is 2.03. The molecule has 2 rings (SSSR count). The fraction of sp³-hybridized carbons (Fsp3) is 0.250. The van der Waals surface area contributed by atoms with Gasteiger partial charge in [-0.05, 0) is 36.2 Å². The van der Waals surface area contributed by atoms with E-state index in [4.69, 9.17) is 26.8 Å². The molecule has 0 saturated carbocycles. The maximum atomic E-state index is 5.83. The predicted octanol–water partition coefficient (Wildman–Crippen LogP) is 3.94. The molecule has 0 aliphatic carbocycles. The van der Waals surface area contributed by atoms with Crippen LogP contribution in [-0.2, 0) is 6.42 Å². The average Bonchev–Trinajstić information content (AvgIpc) is 2.46. The van der Waals surface area contributed by atoms with Gasteiger partial charge in [-0.1, -0.05) is 36.7 Å². The number of para-hydroxylation sites is 1. The van der Waals surface area contributed by atoms with Gasteiger partial charge in [-0.3, -0.25) is 0 Å². The van der Waals surface area contributed by atoms with Crippen molar-refractivity contribution >= 4 is 17.3 Å². The first-order chi connectivity index (χ1) is 9.70. The highest BCUT2D eigenvalue weighted by Crippen LogP contribution is 2.25. The molecule has 0 spiro atoms. The summed E-state index contributed by atoms with van der Waals surface area (Å²) in [6.45, 7) is 3.01. The number of aryl methyl sites for hydroxylation is 1. The van der Waals surface area contributed by atoms with Gasteiger partial charge in [-0.15, -0.1) is 0 Å². The van der Waals surface area contributed by atoms with Gasteiger partial charge < -0.3 is 15.2 Å². The Hall–Kier alpha value is -1.87. The maximum absolute atomic E-state index is 5.83. The number of nitrogens with two attached hydrogens (primary N) is 1. The van der Waals surface area contributed by atoms with Crippen molar-refractivity contribution in [3.8, 4) is 11.5 Å². The molecule has 0 heterocycles. The van der Waals surface area contributed by atoms with E-state index < -0.39 is 0 Å². The predicted molar refractivity (Wildman–Crippen MR) is 82.7 cm³/mol. The molecular formula is C16H18ClNO2. The van der Waals surface area contributed by atoms with Gasteiger partial charge in [-0.2, -0.15) is 0 Å². The van der Waals surface area contributed by atoms with E-state index in [2.05, 4.69) is 13.0 Å². The van der Waals surface area contributed by atoms with Gasteiger partial charge in [-0.25, -0.2) is 0 Å². The van der Waals surface area contributed by atoms with Crippen LogP contribution in [0.4, 0.5) is 5.69 Å². The van der Waals surface area contributed by atoms with Crippen molar-refractivity contribution in [1.82, 2.24) is 0 Å². The van der Waals surface area contributed by atoms with E-state index >= 15 is 0 Å². The molecule has 0 aromatic heterocycles. The van der Waals surface area contributed by atoms with Gasteiger partial charge >= 0.3 is 0 Å². The number of hydrogen-bond acceptors (Lipinski definition) is 3. The first-order valence-corrected chi connectivity index (χ1v) is 6.97. The van der Waals surface area contributed by atoms with Crippen molar-refractivity contribution in [1.29, 1.82) is 0 Å². The largest absolute Gasteiger partial charge is 0.490 e. The average molecular weight is 292 g/mol. The highest BCUT2D eigenvalue weighted by atomic mass is 35.5. The molecule has 3 nitrogen and oxygen atoms in total. The zero-order chi connectivity index (χ0) is 14.4. The maximum Gasteiger partial charge on any atom is 0.142 e. The molecule has 0 aliphatic rings. The van der Waals surface area contributed by atoms with E-state index in [9.17, 15) is 0 Å². The van der Waals surface area contributed by atoms with Gasteiger partial charge in [0.2, 0.25) is 0 Å². The first kappa shape index (κ1) is 14.5. The minimum absolute atomic E-state index is 0.434. The third-order valence-electron chi connectivity index (χ3n) is 2.92. The summed E-state index contributed by atoms with van der Waals surface area (Å²) in [6, 6.07) is 13.2. The van der Waals surface area contributed by atoms with Crippen LogP contribution in [0.25, 0.3) is 0 Å². The van der Waals surface area contributed by atoms with E-state index in [0.29, 0.717) is 29.7 Å². The molecule has 106 valence electrons. The van der Waals surface area contributed by atoms with Crippen molar-refractivity contribution < 1.29 is 9.47 Å². The number of halogens is 1. The molecule has 2 aromatic rings. The summed E-state index contributed by atoms with van der Waals surface area (Å²) in [7, 11) is 0. The van der Waals surface area contributed by atoms with E-state index in [-0.39, 0.29) is 0 Å². The molecule has 2 N–H and O–H groups in total. The molecule has 0 atom stereocenters. The second-order valence-corrected chi connectivity index (χ2v) is 4.78. The Bertz CT molecular complexity index is 572. The molecular weight excluding hydrogens is 274 g/mol. The van der Waals surface area contributed by atoms with Gasteiger partial charge in [0.25, 0.3) is 0 Å². The van der Waals surface area contributed by atoms with Gasteiger partial charge in [0.1, 0.15) is 24.7 Å². The number of hydrogen-bond donors (Lipinski definition) is 1. The summed E-state index contributed by atoms with van der Waals surface area (Å²) in [4.78, 5) is 0. The Morgan fingerprint density at radius 1 is 1.00 bits per heavy atom. The fourth-order valence-electron chi connectivity index (χ4n) is 1.89.